The minimum absolute atomic E-state index is 0.00329. The Bertz CT molecular complexity index is 1330. The minimum Gasteiger partial charge on any atom is -0.494 e. The lowest BCUT2D eigenvalue weighted by Gasteiger charge is -2.25. The van der Waals surface area contributed by atoms with E-state index in [9.17, 15) is 8.42 Å². The van der Waals surface area contributed by atoms with Gasteiger partial charge >= 0.3 is 0 Å². The second kappa shape index (κ2) is 10.3. The lowest BCUT2D eigenvalue weighted by molar-refractivity contribution is 0.340. The van der Waals surface area contributed by atoms with Gasteiger partial charge in [-0.15, -0.1) is 11.3 Å². The number of nitrogens with zero attached hydrogens (tertiary/aromatic N) is 2. The topological polar surface area (TPSA) is 81.9 Å². The summed E-state index contributed by atoms with van der Waals surface area (Å²) in [5.74, 6) is 2.21. The number of hydrogen-bond donors (Lipinski definition) is 0. The molecule has 0 fully saturated rings. The van der Waals surface area contributed by atoms with Crippen LogP contribution >= 0.6 is 11.3 Å². The molecule has 0 radical (unpaired) electrons. The fraction of sp³-hybridized carbons (Fsp3) is 0.240. The lowest BCUT2D eigenvalue weighted by atomic mass is 10.2. The van der Waals surface area contributed by atoms with E-state index in [1.165, 1.54) is 15.6 Å². The predicted octanol–water partition coefficient (Wildman–Crippen LogP) is 5.90. The summed E-state index contributed by atoms with van der Waals surface area (Å²) in [7, 11) is -3.86. The van der Waals surface area contributed by atoms with Crippen LogP contribution in [0.4, 0.5) is 5.69 Å². The van der Waals surface area contributed by atoms with Gasteiger partial charge in [-0.2, -0.15) is 0 Å². The number of aromatic nitrogens is 1. The molecule has 0 amide bonds. The molecule has 34 heavy (non-hydrogen) atoms. The number of rotatable bonds is 10. The third kappa shape index (κ3) is 4.95. The van der Waals surface area contributed by atoms with E-state index in [-0.39, 0.29) is 10.8 Å². The van der Waals surface area contributed by atoms with Crippen LogP contribution in [0.15, 0.2) is 74.7 Å². The van der Waals surface area contributed by atoms with Crippen molar-refractivity contribution < 1.29 is 22.3 Å². The van der Waals surface area contributed by atoms with Crippen LogP contribution in [0, 0.1) is 6.92 Å². The molecule has 9 heteroatoms. The van der Waals surface area contributed by atoms with E-state index in [1.54, 1.807) is 42.6 Å². The summed E-state index contributed by atoms with van der Waals surface area (Å²) in [5, 5.41) is 1.74. The quantitative estimate of drug-likeness (QED) is 0.271. The average molecular weight is 499 g/mol. The second-order valence-corrected chi connectivity index (χ2v) is 10.4. The van der Waals surface area contributed by atoms with Crippen LogP contribution in [0.3, 0.4) is 0 Å². The Kier molecular flexibility index (Phi) is 7.23. The average Bonchev–Trinajstić information content (AvgIpc) is 3.50. The Hall–Kier alpha value is -3.30. The highest BCUT2D eigenvalue weighted by molar-refractivity contribution is 7.94. The van der Waals surface area contributed by atoms with Crippen molar-refractivity contribution in [3.8, 4) is 23.0 Å². The summed E-state index contributed by atoms with van der Waals surface area (Å²) in [6, 6.07) is 17.8. The van der Waals surface area contributed by atoms with Crippen LogP contribution < -0.4 is 13.8 Å². The number of para-hydroxylation sites is 2. The summed E-state index contributed by atoms with van der Waals surface area (Å²) in [6.45, 7) is 6.56. The number of benzene rings is 2. The first-order valence-electron chi connectivity index (χ1n) is 10.9. The standard InChI is InChI=1S/C25H26N2O5S2/c1-4-30-20-14-12-19(13-15-20)25-26-21(18(3)32-25)17-27(34(28,29)24-11-8-16-33-24)22-9-6-7-10-23(22)31-5-2/h6-16H,4-5,17H2,1-3H3. The molecule has 4 aromatic rings. The highest BCUT2D eigenvalue weighted by atomic mass is 32.2. The Balaban J connectivity index is 1.73. The van der Waals surface area contributed by atoms with E-state index < -0.39 is 10.0 Å². The highest BCUT2D eigenvalue weighted by Crippen LogP contribution is 2.36. The Labute approximate surface area is 203 Å². The fourth-order valence-corrected chi connectivity index (χ4v) is 6.00. The van der Waals surface area contributed by atoms with Crippen molar-refractivity contribution in [1.29, 1.82) is 0 Å². The van der Waals surface area contributed by atoms with Crippen LogP contribution in [0.25, 0.3) is 11.5 Å². The summed E-state index contributed by atoms with van der Waals surface area (Å²) < 4.78 is 46.0. The van der Waals surface area contributed by atoms with Gasteiger partial charge in [0.05, 0.1) is 25.4 Å². The molecular formula is C25H26N2O5S2. The van der Waals surface area contributed by atoms with Gasteiger partial charge in [-0.1, -0.05) is 18.2 Å². The van der Waals surface area contributed by atoms with Crippen molar-refractivity contribution in [3.63, 3.8) is 0 Å². The van der Waals surface area contributed by atoms with Crippen LogP contribution in [-0.4, -0.2) is 26.6 Å². The predicted molar refractivity (Wildman–Crippen MR) is 133 cm³/mol. The fourth-order valence-electron chi connectivity index (χ4n) is 3.45. The minimum atomic E-state index is -3.86. The van der Waals surface area contributed by atoms with Gasteiger partial charge in [-0.3, -0.25) is 4.31 Å². The van der Waals surface area contributed by atoms with Gasteiger partial charge in [0, 0.05) is 5.56 Å². The molecule has 7 nitrogen and oxygen atoms in total. The number of thiophene rings is 1. The van der Waals surface area contributed by atoms with E-state index >= 15 is 0 Å². The number of aryl methyl sites for hydroxylation is 1. The maximum atomic E-state index is 13.7. The van der Waals surface area contributed by atoms with Crippen molar-refractivity contribution in [3.05, 3.63) is 77.5 Å². The highest BCUT2D eigenvalue weighted by Gasteiger charge is 2.30. The Morgan fingerprint density at radius 1 is 0.971 bits per heavy atom. The molecule has 0 saturated carbocycles. The molecule has 0 aliphatic rings. The van der Waals surface area contributed by atoms with Gasteiger partial charge in [0.15, 0.2) is 0 Å². The summed E-state index contributed by atoms with van der Waals surface area (Å²) in [5.41, 5.74) is 1.75. The summed E-state index contributed by atoms with van der Waals surface area (Å²) in [4.78, 5) is 4.64. The van der Waals surface area contributed by atoms with E-state index in [1.807, 2.05) is 44.2 Å². The molecule has 0 saturated heterocycles. The normalized spacial score (nSPS) is 11.4. The molecule has 2 heterocycles. The molecule has 0 atom stereocenters. The largest absolute Gasteiger partial charge is 0.494 e. The van der Waals surface area contributed by atoms with Crippen LogP contribution in [0.1, 0.15) is 25.3 Å². The first kappa shape index (κ1) is 23.8. The van der Waals surface area contributed by atoms with Gasteiger partial charge in [-0.25, -0.2) is 13.4 Å². The third-order valence-corrected chi connectivity index (χ3v) is 8.20. The van der Waals surface area contributed by atoms with Gasteiger partial charge in [0.1, 0.15) is 27.2 Å². The van der Waals surface area contributed by atoms with Gasteiger partial charge in [0.25, 0.3) is 10.0 Å². The molecular weight excluding hydrogens is 472 g/mol. The zero-order chi connectivity index (χ0) is 24.1. The zero-order valence-corrected chi connectivity index (χ0v) is 20.9. The van der Waals surface area contributed by atoms with Crippen LogP contribution in [-0.2, 0) is 16.6 Å². The first-order valence-corrected chi connectivity index (χ1v) is 13.2. The van der Waals surface area contributed by atoms with Crippen molar-refractivity contribution in [2.24, 2.45) is 0 Å². The Morgan fingerprint density at radius 3 is 2.38 bits per heavy atom. The van der Waals surface area contributed by atoms with E-state index in [0.29, 0.717) is 42.0 Å². The molecule has 0 spiro atoms. The molecule has 0 aliphatic heterocycles. The number of sulfonamides is 1. The second-order valence-electron chi connectivity index (χ2n) is 7.32. The third-order valence-electron chi connectivity index (χ3n) is 5.07. The molecule has 0 unspecified atom stereocenters. The molecule has 2 aromatic heterocycles. The number of anilines is 1. The smallest absolute Gasteiger partial charge is 0.274 e. The van der Waals surface area contributed by atoms with Gasteiger partial charge < -0.3 is 13.9 Å². The Morgan fingerprint density at radius 2 is 1.71 bits per heavy atom. The van der Waals surface area contributed by atoms with E-state index in [2.05, 4.69) is 4.98 Å². The lowest BCUT2D eigenvalue weighted by Crippen LogP contribution is -2.31. The van der Waals surface area contributed by atoms with Crippen LogP contribution in [0.2, 0.25) is 0 Å². The summed E-state index contributed by atoms with van der Waals surface area (Å²) in [6.07, 6.45) is 0. The maximum Gasteiger partial charge on any atom is 0.274 e. The van der Waals surface area contributed by atoms with Crippen LogP contribution in [0.5, 0.6) is 11.5 Å². The zero-order valence-electron chi connectivity index (χ0n) is 19.2. The molecule has 0 N–H and O–H groups in total. The van der Waals surface area contributed by atoms with Gasteiger partial charge in [-0.05, 0) is 68.6 Å². The number of ether oxygens (including phenoxy) is 2. The van der Waals surface area contributed by atoms with Crippen molar-refractivity contribution in [1.82, 2.24) is 4.98 Å². The summed E-state index contributed by atoms with van der Waals surface area (Å²) >= 11 is 1.17. The van der Waals surface area contributed by atoms with E-state index in [4.69, 9.17) is 13.9 Å². The number of oxazole rings is 1. The monoisotopic (exact) mass is 498 g/mol. The van der Waals surface area contributed by atoms with Crippen molar-refractivity contribution in [2.75, 3.05) is 17.5 Å². The first-order chi connectivity index (χ1) is 16.4. The van der Waals surface area contributed by atoms with Crippen molar-refractivity contribution in [2.45, 2.75) is 31.5 Å². The molecule has 2 aromatic carbocycles. The SMILES string of the molecule is CCOc1ccc(-c2nc(CN(c3ccccc3OCC)S(=O)(=O)c3cccs3)c(C)o2)cc1. The maximum absolute atomic E-state index is 13.7. The molecule has 4 rings (SSSR count). The molecule has 0 bridgehead atoms. The molecule has 0 aliphatic carbocycles. The van der Waals surface area contributed by atoms with E-state index in [0.717, 1.165) is 11.3 Å². The number of hydrogen-bond acceptors (Lipinski definition) is 7. The van der Waals surface area contributed by atoms with Gasteiger partial charge in [0.2, 0.25) is 5.89 Å². The molecule has 178 valence electrons. The van der Waals surface area contributed by atoms with Crippen molar-refractivity contribution >= 4 is 27.0 Å².